The Hall–Kier alpha value is -3.34. The van der Waals surface area contributed by atoms with E-state index >= 15 is 0 Å². The molecule has 1 aliphatic carbocycles. The fraction of sp³-hybridized carbons (Fsp3) is 0.280. The van der Waals surface area contributed by atoms with Crippen molar-refractivity contribution >= 4 is 17.3 Å². The highest BCUT2D eigenvalue weighted by molar-refractivity contribution is 5.73. The number of nitrogens with zero attached hydrogens (tertiary/aromatic N) is 3. The highest BCUT2D eigenvalue weighted by Crippen LogP contribution is 2.35. The van der Waals surface area contributed by atoms with E-state index in [9.17, 15) is 0 Å². The van der Waals surface area contributed by atoms with Gasteiger partial charge in [-0.15, -0.1) is 0 Å². The molecule has 4 rings (SSSR count). The lowest BCUT2D eigenvalue weighted by Crippen LogP contribution is -2.36. The summed E-state index contributed by atoms with van der Waals surface area (Å²) in [4.78, 5) is 11.6. The predicted octanol–water partition coefficient (Wildman–Crippen LogP) is 5.62. The fourth-order valence-corrected chi connectivity index (χ4v) is 4.09. The van der Waals surface area contributed by atoms with Gasteiger partial charge in [-0.3, -0.25) is 0 Å². The van der Waals surface area contributed by atoms with Crippen LogP contribution >= 0.6 is 0 Å². The molecule has 1 saturated carbocycles. The summed E-state index contributed by atoms with van der Waals surface area (Å²) >= 11 is 0. The van der Waals surface area contributed by atoms with Crippen LogP contribution < -0.4 is 16.0 Å². The van der Waals surface area contributed by atoms with E-state index in [0.29, 0.717) is 11.7 Å². The maximum Gasteiger partial charge on any atom is 0.158 e. The Kier molecular flexibility index (Phi) is 5.98. The van der Waals surface area contributed by atoms with E-state index in [-0.39, 0.29) is 0 Å². The number of hydrogen-bond donors (Lipinski definition) is 2. The van der Waals surface area contributed by atoms with Gasteiger partial charge in [-0.05, 0) is 55.2 Å². The SMILES string of the molecule is C=C(Nc1ccccn1)N(c1nc(-c2cccc(CC)c2)ccc1N)C1CCCC1. The van der Waals surface area contributed by atoms with Crippen LogP contribution in [0.4, 0.5) is 17.3 Å². The van der Waals surface area contributed by atoms with Crippen molar-refractivity contribution in [2.45, 2.75) is 45.1 Å². The van der Waals surface area contributed by atoms with Gasteiger partial charge >= 0.3 is 0 Å². The van der Waals surface area contributed by atoms with E-state index in [1.807, 2.05) is 30.3 Å². The average Bonchev–Trinajstić information content (AvgIpc) is 3.30. The van der Waals surface area contributed by atoms with Gasteiger partial charge in [0.1, 0.15) is 11.6 Å². The lowest BCUT2D eigenvalue weighted by Gasteiger charge is -2.33. The molecule has 5 heteroatoms. The highest BCUT2D eigenvalue weighted by atomic mass is 15.3. The Morgan fingerprint density at radius 2 is 1.97 bits per heavy atom. The van der Waals surface area contributed by atoms with Gasteiger partial charge in [0.05, 0.1) is 11.4 Å². The van der Waals surface area contributed by atoms with Crippen LogP contribution in [0.5, 0.6) is 0 Å². The largest absolute Gasteiger partial charge is 0.396 e. The first kappa shape index (κ1) is 20.0. The minimum absolute atomic E-state index is 0.320. The van der Waals surface area contributed by atoms with Crippen LogP contribution in [0.1, 0.15) is 38.2 Å². The van der Waals surface area contributed by atoms with Crippen LogP contribution in [0, 0.1) is 0 Å². The van der Waals surface area contributed by atoms with Crippen molar-refractivity contribution in [3.8, 4) is 11.3 Å². The Morgan fingerprint density at radius 1 is 1.13 bits per heavy atom. The summed E-state index contributed by atoms with van der Waals surface area (Å²) in [5, 5.41) is 3.35. The van der Waals surface area contributed by atoms with Crippen molar-refractivity contribution in [1.82, 2.24) is 9.97 Å². The number of nitrogens with two attached hydrogens (primary N) is 1. The molecular weight excluding hydrogens is 370 g/mol. The second-order valence-electron chi connectivity index (χ2n) is 7.76. The van der Waals surface area contributed by atoms with E-state index in [1.54, 1.807) is 6.20 Å². The van der Waals surface area contributed by atoms with Gasteiger partial charge in [0.15, 0.2) is 5.82 Å². The standard InChI is InChI=1S/C25H29N5/c1-3-19-9-8-10-20(17-19)23-15-14-22(26)25(29-23)30(21-11-4-5-12-21)18(2)28-24-13-6-7-16-27-24/h6-10,13-17,21H,2-5,11-12,26H2,1H3,(H,27,28). The maximum atomic E-state index is 6.43. The molecule has 2 aromatic heterocycles. The number of aromatic nitrogens is 2. The highest BCUT2D eigenvalue weighted by Gasteiger charge is 2.28. The Balaban J connectivity index is 1.71. The molecule has 0 saturated heterocycles. The van der Waals surface area contributed by atoms with E-state index in [4.69, 9.17) is 10.7 Å². The van der Waals surface area contributed by atoms with E-state index in [2.05, 4.69) is 53.0 Å². The number of anilines is 3. The van der Waals surface area contributed by atoms with Crippen molar-refractivity contribution < 1.29 is 0 Å². The zero-order valence-corrected chi connectivity index (χ0v) is 17.5. The molecule has 0 spiro atoms. The van der Waals surface area contributed by atoms with Crippen molar-refractivity contribution in [2.75, 3.05) is 16.0 Å². The second kappa shape index (κ2) is 8.99. The van der Waals surface area contributed by atoms with Crippen LogP contribution in [0.2, 0.25) is 0 Å². The Labute approximate surface area is 178 Å². The van der Waals surface area contributed by atoms with Crippen molar-refractivity contribution in [3.63, 3.8) is 0 Å². The molecule has 1 aliphatic rings. The predicted molar refractivity (Wildman–Crippen MR) is 125 cm³/mol. The molecule has 1 aromatic carbocycles. The summed E-state index contributed by atoms with van der Waals surface area (Å²) in [7, 11) is 0. The first-order valence-corrected chi connectivity index (χ1v) is 10.7. The minimum atomic E-state index is 0.320. The van der Waals surface area contributed by atoms with Gasteiger partial charge in [0.25, 0.3) is 0 Å². The quantitative estimate of drug-likeness (QED) is 0.540. The van der Waals surface area contributed by atoms with Crippen LogP contribution in [-0.4, -0.2) is 16.0 Å². The zero-order chi connectivity index (χ0) is 20.9. The molecule has 2 heterocycles. The number of pyridine rings is 2. The Morgan fingerprint density at radius 3 is 2.70 bits per heavy atom. The molecule has 154 valence electrons. The lowest BCUT2D eigenvalue weighted by molar-refractivity contribution is 0.651. The molecule has 0 unspecified atom stereocenters. The van der Waals surface area contributed by atoms with Gasteiger partial charge < -0.3 is 16.0 Å². The average molecular weight is 400 g/mol. The zero-order valence-electron chi connectivity index (χ0n) is 17.5. The second-order valence-corrected chi connectivity index (χ2v) is 7.76. The third kappa shape index (κ3) is 4.30. The summed E-state index contributed by atoms with van der Waals surface area (Å²) < 4.78 is 0. The topological polar surface area (TPSA) is 67.1 Å². The van der Waals surface area contributed by atoms with Gasteiger partial charge in [-0.1, -0.05) is 50.6 Å². The molecule has 0 amide bonds. The van der Waals surface area contributed by atoms with E-state index < -0.39 is 0 Å². The number of hydrogen-bond acceptors (Lipinski definition) is 5. The van der Waals surface area contributed by atoms with Crippen molar-refractivity contribution in [2.24, 2.45) is 0 Å². The maximum absolute atomic E-state index is 6.43. The molecule has 0 bridgehead atoms. The fourth-order valence-electron chi connectivity index (χ4n) is 4.09. The van der Waals surface area contributed by atoms with Gasteiger partial charge in [0.2, 0.25) is 0 Å². The normalized spacial score (nSPS) is 13.9. The van der Waals surface area contributed by atoms with Gasteiger partial charge in [-0.2, -0.15) is 0 Å². The number of rotatable bonds is 7. The van der Waals surface area contributed by atoms with Crippen molar-refractivity contribution in [1.29, 1.82) is 0 Å². The summed E-state index contributed by atoms with van der Waals surface area (Å²) in [5.41, 5.74) is 10.4. The number of nitrogens with one attached hydrogen (secondary N) is 1. The van der Waals surface area contributed by atoms with E-state index in [0.717, 1.165) is 48.0 Å². The Bertz CT molecular complexity index is 1010. The molecule has 30 heavy (non-hydrogen) atoms. The van der Waals surface area contributed by atoms with Crippen LogP contribution in [0.3, 0.4) is 0 Å². The lowest BCUT2D eigenvalue weighted by atomic mass is 10.1. The summed E-state index contributed by atoms with van der Waals surface area (Å²) in [6.45, 7) is 6.48. The van der Waals surface area contributed by atoms with Crippen LogP contribution in [-0.2, 0) is 6.42 Å². The minimum Gasteiger partial charge on any atom is -0.396 e. The molecular formula is C25H29N5. The molecule has 0 atom stereocenters. The molecule has 0 radical (unpaired) electrons. The monoisotopic (exact) mass is 399 g/mol. The smallest absolute Gasteiger partial charge is 0.158 e. The number of nitrogen functional groups attached to an aromatic ring is 1. The number of aryl methyl sites for hydroxylation is 1. The molecule has 0 aliphatic heterocycles. The molecule has 1 fully saturated rings. The third-order valence-corrected chi connectivity index (χ3v) is 5.68. The van der Waals surface area contributed by atoms with Gasteiger partial charge in [-0.25, -0.2) is 9.97 Å². The first-order chi connectivity index (χ1) is 14.7. The van der Waals surface area contributed by atoms with E-state index in [1.165, 1.54) is 18.4 Å². The molecule has 5 nitrogen and oxygen atoms in total. The van der Waals surface area contributed by atoms with Crippen LogP contribution in [0.25, 0.3) is 11.3 Å². The van der Waals surface area contributed by atoms with Crippen LogP contribution in [0.15, 0.2) is 73.2 Å². The number of benzene rings is 1. The van der Waals surface area contributed by atoms with Gasteiger partial charge in [0, 0.05) is 17.8 Å². The first-order valence-electron chi connectivity index (χ1n) is 10.7. The van der Waals surface area contributed by atoms with Crippen molar-refractivity contribution in [3.05, 3.63) is 78.8 Å². The summed E-state index contributed by atoms with van der Waals surface area (Å²) in [6, 6.07) is 18.6. The molecule has 3 N–H and O–H groups in total. The summed E-state index contributed by atoms with van der Waals surface area (Å²) in [6.07, 6.45) is 7.36. The third-order valence-electron chi connectivity index (χ3n) is 5.68. The molecule has 3 aromatic rings. The summed E-state index contributed by atoms with van der Waals surface area (Å²) in [5.74, 6) is 2.27.